The minimum absolute atomic E-state index is 0.756. The highest BCUT2D eigenvalue weighted by Crippen LogP contribution is 2.41. The van der Waals surface area contributed by atoms with Crippen LogP contribution in [0.15, 0.2) is 12.4 Å². The highest BCUT2D eigenvalue weighted by atomic mass is 14.7. The van der Waals surface area contributed by atoms with E-state index in [9.17, 15) is 0 Å². The Morgan fingerprint density at radius 2 is 2.18 bits per heavy atom. The van der Waals surface area contributed by atoms with E-state index in [1.54, 1.807) is 6.20 Å². The molecule has 1 aromatic rings. The molecular weight excluding hydrogens is 136 g/mol. The minimum atomic E-state index is 0.756. The first kappa shape index (κ1) is 6.65. The maximum atomic E-state index is 5.72. The molecular formula is C9H12N2. The first-order chi connectivity index (χ1) is 5.29. The van der Waals surface area contributed by atoms with Gasteiger partial charge in [-0.25, -0.2) is 0 Å². The second kappa shape index (κ2) is 2.22. The molecule has 0 bridgehead atoms. The molecule has 0 aliphatic heterocycles. The zero-order valence-electron chi connectivity index (χ0n) is 6.67. The zero-order valence-corrected chi connectivity index (χ0v) is 6.67. The first-order valence-electron chi connectivity index (χ1n) is 3.99. The van der Waals surface area contributed by atoms with Gasteiger partial charge in [0.25, 0.3) is 0 Å². The van der Waals surface area contributed by atoms with Crippen molar-refractivity contribution < 1.29 is 0 Å². The fourth-order valence-electron chi connectivity index (χ4n) is 1.36. The van der Waals surface area contributed by atoms with Crippen LogP contribution in [0.5, 0.6) is 0 Å². The van der Waals surface area contributed by atoms with E-state index in [-0.39, 0.29) is 0 Å². The average molecular weight is 148 g/mol. The van der Waals surface area contributed by atoms with Crippen molar-refractivity contribution in [2.75, 3.05) is 5.73 Å². The molecule has 1 saturated carbocycles. The zero-order chi connectivity index (χ0) is 7.84. The molecule has 0 amide bonds. The molecule has 0 radical (unpaired) electrons. The molecule has 2 rings (SSSR count). The number of nitrogens with two attached hydrogens (primary N) is 1. The number of rotatable bonds is 1. The highest BCUT2D eigenvalue weighted by molar-refractivity contribution is 5.49. The molecule has 1 aromatic heterocycles. The monoisotopic (exact) mass is 148 g/mol. The number of hydrogen-bond donors (Lipinski definition) is 1. The molecule has 2 N–H and O–H groups in total. The molecule has 58 valence electrons. The molecule has 1 fully saturated rings. The third-order valence-electron chi connectivity index (χ3n) is 2.31. The van der Waals surface area contributed by atoms with Gasteiger partial charge in [0.15, 0.2) is 0 Å². The van der Waals surface area contributed by atoms with Crippen LogP contribution in [-0.4, -0.2) is 4.98 Å². The van der Waals surface area contributed by atoms with Crippen LogP contribution >= 0.6 is 0 Å². The molecule has 11 heavy (non-hydrogen) atoms. The molecule has 1 aliphatic rings. The summed E-state index contributed by atoms with van der Waals surface area (Å²) in [6, 6.07) is 0. The predicted molar refractivity (Wildman–Crippen MR) is 45.4 cm³/mol. The Morgan fingerprint density at radius 3 is 2.82 bits per heavy atom. The number of hydrogen-bond acceptors (Lipinski definition) is 2. The van der Waals surface area contributed by atoms with Crippen molar-refractivity contribution >= 4 is 5.69 Å². The maximum absolute atomic E-state index is 5.72. The van der Waals surface area contributed by atoms with Crippen molar-refractivity contribution in [1.82, 2.24) is 4.98 Å². The van der Waals surface area contributed by atoms with E-state index in [1.807, 2.05) is 6.20 Å². The lowest BCUT2D eigenvalue weighted by Crippen LogP contribution is -1.95. The van der Waals surface area contributed by atoms with Crippen LogP contribution in [0.25, 0.3) is 0 Å². The molecule has 0 aromatic carbocycles. The maximum Gasteiger partial charge on any atom is 0.0533 e. The smallest absolute Gasteiger partial charge is 0.0533 e. The summed E-state index contributed by atoms with van der Waals surface area (Å²) >= 11 is 0. The van der Waals surface area contributed by atoms with Gasteiger partial charge in [0.1, 0.15) is 0 Å². The number of nitrogens with zero attached hydrogens (tertiary/aromatic N) is 1. The van der Waals surface area contributed by atoms with E-state index < -0.39 is 0 Å². The van der Waals surface area contributed by atoms with Gasteiger partial charge in [-0.2, -0.15) is 0 Å². The van der Waals surface area contributed by atoms with E-state index >= 15 is 0 Å². The van der Waals surface area contributed by atoms with E-state index in [0.717, 1.165) is 11.6 Å². The van der Waals surface area contributed by atoms with E-state index in [0.29, 0.717) is 0 Å². The Hall–Kier alpha value is -1.05. The third-order valence-corrected chi connectivity index (χ3v) is 2.31. The summed E-state index contributed by atoms with van der Waals surface area (Å²) in [7, 11) is 0. The van der Waals surface area contributed by atoms with Crippen molar-refractivity contribution in [2.45, 2.75) is 25.7 Å². The van der Waals surface area contributed by atoms with E-state index in [2.05, 4.69) is 11.9 Å². The van der Waals surface area contributed by atoms with Gasteiger partial charge >= 0.3 is 0 Å². The Bertz CT molecular complexity index is 277. The van der Waals surface area contributed by atoms with Gasteiger partial charge in [0.2, 0.25) is 0 Å². The second-order valence-electron chi connectivity index (χ2n) is 3.22. The topological polar surface area (TPSA) is 38.9 Å². The van der Waals surface area contributed by atoms with Crippen molar-refractivity contribution in [3.63, 3.8) is 0 Å². The molecule has 2 nitrogen and oxygen atoms in total. The third kappa shape index (κ3) is 1.09. The molecule has 0 spiro atoms. The summed E-state index contributed by atoms with van der Waals surface area (Å²) in [6.45, 7) is 2.07. The van der Waals surface area contributed by atoms with Crippen LogP contribution in [0, 0.1) is 6.92 Å². The van der Waals surface area contributed by atoms with Crippen LogP contribution in [0.2, 0.25) is 0 Å². The van der Waals surface area contributed by atoms with Crippen molar-refractivity contribution in [3.8, 4) is 0 Å². The number of nitrogen functional groups attached to an aromatic ring is 1. The van der Waals surface area contributed by atoms with Gasteiger partial charge in [-0.3, -0.25) is 4.98 Å². The van der Waals surface area contributed by atoms with E-state index in [1.165, 1.54) is 24.0 Å². The Labute approximate surface area is 66.4 Å². The Morgan fingerprint density at radius 1 is 1.45 bits per heavy atom. The molecule has 0 saturated heterocycles. The molecule has 0 unspecified atom stereocenters. The standard InChI is InChI=1S/C9H12N2/c1-6-8(7-2-3-7)4-11-5-9(6)10/h4-5,7H,2-3,10H2,1H3. The lowest BCUT2D eigenvalue weighted by molar-refractivity contribution is 1.07. The van der Waals surface area contributed by atoms with Gasteiger partial charge in [0.05, 0.1) is 11.9 Å². The number of aromatic nitrogens is 1. The lowest BCUT2D eigenvalue weighted by atomic mass is 10.1. The van der Waals surface area contributed by atoms with Gasteiger partial charge in [-0.05, 0) is 36.8 Å². The summed E-state index contributed by atoms with van der Waals surface area (Å²) in [5, 5.41) is 0. The SMILES string of the molecule is Cc1c(N)cncc1C1CC1. The average Bonchev–Trinajstić information content (AvgIpc) is 2.77. The highest BCUT2D eigenvalue weighted by Gasteiger charge is 2.25. The quantitative estimate of drug-likeness (QED) is 0.660. The van der Waals surface area contributed by atoms with E-state index in [4.69, 9.17) is 5.73 Å². The predicted octanol–water partition coefficient (Wildman–Crippen LogP) is 1.85. The molecule has 1 aliphatic carbocycles. The fourth-order valence-corrected chi connectivity index (χ4v) is 1.36. The fraction of sp³-hybridized carbons (Fsp3) is 0.444. The normalized spacial score (nSPS) is 16.8. The summed E-state index contributed by atoms with van der Waals surface area (Å²) in [6.07, 6.45) is 6.29. The first-order valence-corrected chi connectivity index (χ1v) is 3.99. The lowest BCUT2D eigenvalue weighted by Gasteiger charge is -2.04. The number of anilines is 1. The van der Waals surface area contributed by atoms with Crippen molar-refractivity contribution in [2.24, 2.45) is 0 Å². The second-order valence-corrected chi connectivity index (χ2v) is 3.22. The van der Waals surface area contributed by atoms with Crippen molar-refractivity contribution in [3.05, 3.63) is 23.5 Å². The molecule has 2 heteroatoms. The van der Waals surface area contributed by atoms with Crippen molar-refractivity contribution in [1.29, 1.82) is 0 Å². The molecule has 1 heterocycles. The van der Waals surface area contributed by atoms with Crippen LogP contribution in [0.4, 0.5) is 5.69 Å². The van der Waals surface area contributed by atoms with Crippen LogP contribution in [-0.2, 0) is 0 Å². The van der Waals surface area contributed by atoms with Gasteiger partial charge in [-0.1, -0.05) is 0 Å². The Balaban J connectivity index is 2.45. The number of pyridine rings is 1. The Kier molecular flexibility index (Phi) is 1.34. The van der Waals surface area contributed by atoms with Crippen LogP contribution in [0.1, 0.15) is 29.9 Å². The van der Waals surface area contributed by atoms with Crippen LogP contribution in [0.3, 0.4) is 0 Å². The van der Waals surface area contributed by atoms with Crippen LogP contribution < -0.4 is 5.73 Å². The van der Waals surface area contributed by atoms with Gasteiger partial charge < -0.3 is 5.73 Å². The minimum Gasteiger partial charge on any atom is -0.397 e. The summed E-state index contributed by atoms with van der Waals surface area (Å²) < 4.78 is 0. The summed E-state index contributed by atoms with van der Waals surface area (Å²) in [4.78, 5) is 4.08. The molecule has 0 atom stereocenters. The van der Waals surface area contributed by atoms with Gasteiger partial charge in [-0.15, -0.1) is 0 Å². The van der Waals surface area contributed by atoms with Gasteiger partial charge in [0, 0.05) is 6.20 Å². The largest absolute Gasteiger partial charge is 0.397 e. The summed E-state index contributed by atoms with van der Waals surface area (Å²) in [5.74, 6) is 0.756. The summed E-state index contributed by atoms with van der Waals surface area (Å²) in [5.41, 5.74) is 9.13.